The van der Waals surface area contributed by atoms with Gasteiger partial charge in [-0.1, -0.05) is 11.6 Å². The number of aryl methyl sites for hydroxylation is 1. The molecule has 0 fully saturated rings. The summed E-state index contributed by atoms with van der Waals surface area (Å²) in [5.74, 6) is 0.501. The number of nitrogens with zero attached hydrogens (tertiary/aromatic N) is 1. The monoisotopic (exact) mass is 364 g/mol. The summed E-state index contributed by atoms with van der Waals surface area (Å²) >= 11 is 6.02. The smallest absolute Gasteiger partial charge is 0.272 e. The third kappa shape index (κ3) is 4.60. The van der Waals surface area contributed by atoms with Crippen LogP contribution in [0.4, 0.5) is 11.4 Å². The fraction of sp³-hybridized carbons (Fsp3) is 0.235. The van der Waals surface area contributed by atoms with Crippen molar-refractivity contribution in [1.29, 1.82) is 0 Å². The Kier molecular flexibility index (Phi) is 5.82. The minimum Gasteiger partial charge on any atom is -0.495 e. The number of anilines is 1. The Morgan fingerprint density at radius 3 is 2.56 bits per heavy atom. The van der Waals surface area contributed by atoms with Gasteiger partial charge >= 0.3 is 0 Å². The molecule has 0 saturated carbocycles. The Labute approximate surface area is 149 Å². The molecular weight excluding hydrogens is 348 g/mol. The molecule has 0 heterocycles. The summed E-state index contributed by atoms with van der Waals surface area (Å²) in [6.45, 7) is 3.19. The van der Waals surface area contributed by atoms with Crippen molar-refractivity contribution in [2.45, 2.75) is 20.0 Å². The average Bonchev–Trinajstić information content (AvgIpc) is 2.54. The van der Waals surface area contributed by atoms with Crippen molar-refractivity contribution < 1.29 is 19.2 Å². The van der Waals surface area contributed by atoms with E-state index < -0.39 is 11.0 Å². The Bertz CT molecular complexity index is 810. The number of hydrogen-bond acceptors (Lipinski definition) is 5. The number of nitro groups is 1. The van der Waals surface area contributed by atoms with Crippen LogP contribution >= 0.6 is 11.6 Å². The number of carbonyl (C=O) groups is 1. The normalized spacial score (nSPS) is 11.5. The van der Waals surface area contributed by atoms with Crippen LogP contribution in [0.15, 0.2) is 36.4 Å². The molecule has 1 atom stereocenters. The van der Waals surface area contributed by atoms with Crippen LogP contribution in [0.25, 0.3) is 0 Å². The molecule has 0 radical (unpaired) electrons. The maximum Gasteiger partial charge on any atom is 0.272 e. The zero-order valence-corrected chi connectivity index (χ0v) is 14.7. The summed E-state index contributed by atoms with van der Waals surface area (Å²) in [7, 11) is 1.50. The van der Waals surface area contributed by atoms with Crippen LogP contribution in [-0.2, 0) is 4.79 Å². The Morgan fingerprint density at radius 1 is 1.28 bits per heavy atom. The van der Waals surface area contributed by atoms with Gasteiger partial charge in [-0.2, -0.15) is 0 Å². The highest BCUT2D eigenvalue weighted by atomic mass is 35.5. The quantitative estimate of drug-likeness (QED) is 0.618. The summed E-state index contributed by atoms with van der Waals surface area (Å²) in [6.07, 6.45) is -0.804. The molecule has 0 bridgehead atoms. The second-order valence-corrected chi connectivity index (χ2v) is 5.71. The summed E-state index contributed by atoms with van der Waals surface area (Å²) < 4.78 is 10.6. The van der Waals surface area contributed by atoms with Crippen molar-refractivity contribution >= 4 is 28.9 Å². The van der Waals surface area contributed by atoms with Crippen LogP contribution in [0.1, 0.15) is 12.5 Å². The standard InChI is InChI=1S/C17H17ClN2O5/c1-10-8-13(5-6-15(10)20(22)23)25-11(2)17(21)19-12-4-7-16(24-3)14(18)9-12/h4-9,11H,1-3H3,(H,19,21)/t11-/m1/s1. The topological polar surface area (TPSA) is 90.7 Å². The molecule has 0 unspecified atom stereocenters. The Balaban J connectivity index is 2.04. The van der Waals surface area contributed by atoms with E-state index in [1.165, 1.54) is 25.3 Å². The third-order valence-electron chi connectivity index (χ3n) is 3.47. The van der Waals surface area contributed by atoms with Crippen LogP contribution < -0.4 is 14.8 Å². The number of rotatable bonds is 6. The minimum atomic E-state index is -0.804. The number of amides is 1. The first-order valence-corrected chi connectivity index (χ1v) is 7.75. The van der Waals surface area contributed by atoms with E-state index in [4.69, 9.17) is 21.1 Å². The molecule has 0 aliphatic heterocycles. The van der Waals surface area contributed by atoms with Crippen LogP contribution in [-0.4, -0.2) is 24.0 Å². The van der Waals surface area contributed by atoms with Gasteiger partial charge in [0.1, 0.15) is 11.5 Å². The van der Waals surface area contributed by atoms with Crippen molar-refractivity contribution in [2.75, 3.05) is 12.4 Å². The first kappa shape index (κ1) is 18.5. The first-order valence-electron chi connectivity index (χ1n) is 7.38. The van der Waals surface area contributed by atoms with Gasteiger partial charge in [-0.05, 0) is 44.2 Å². The van der Waals surface area contributed by atoms with Gasteiger partial charge in [0, 0.05) is 17.3 Å². The minimum absolute atomic E-state index is 0.00247. The van der Waals surface area contributed by atoms with Gasteiger partial charge in [0.2, 0.25) is 0 Å². The predicted molar refractivity (Wildman–Crippen MR) is 94.6 cm³/mol. The lowest BCUT2D eigenvalue weighted by atomic mass is 10.2. The highest BCUT2D eigenvalue weighted by Gasteiger charge is 2.17. The first-order chi connectivity index (χ1) is 11.8. The SMILES string of the molecule is COc1ccc(NC(=O)[C@@H](C)Oc2ccc([N+](=O)[O-])c(C)c2)cc1Cl. The number of halogens is 1. The lowest BCUT2D eigenvalue weighted by Crippen LogP contribution is -2.30. The maximum atomic E-state index is 12.2. The van der Waals surface area contributed by atoms with E-state index in [9.17, 15) is 14.9 Å². The molecule has 25 heavy (non-hydrogen) atoms. The van der Waals surface area contributed by atoms with Crippen molar-refractivity contribution in [3.05, 3.63) is 57.1 Å². The number of nitrogens with one attached hydrogen (secondary N) is 1. The lowest BCUT2D eigenvalue weighted by Gasteiger charge is -2.15. The van der Waals surface area contributed by atoms with E-state index in [2.05, 4.69) is 5.32 Å². The van der Waals surface area contributed by atoms with Gasteiger partial charge in [-0.25, -0.2) is 0 Å². The summed E-state index contributed by atoms with van der Waals surface area (Å²) in [5, 5.41) is 13.9. The summed E-state index contributed by atoms with van der Waals surface area (Å²) in [4.78, 5) is 22.6. The van der Waals surface area contributed by atoms with E-state index in [0.717, 1.165) is 0 Å². The Hall–Kier alpha value is -2.80. The van der Waals surface area contributed by atoms with Gasteiger partial charge in [0.05, 0.1) is 17.1 Å². The summed E-state index contributed by atoms with van der Waals surface area (Å²) in [6, 6.07) is 9.19. The van der Waals surface area contributed by atoms with Crippen molar-refractivity contribution in [3.63, 3.8) is 0 Å². The number of carbonyl (C=O) groups excluding carboxylic acids is 1. The fourth-order valence-corrected chi connectivity index (χ4v) is 2.41. The molecular formula is C17H17ClN2O5. The van der Waals surface area contributed by atoms with E-state index >= 15 is 0 Å². The third-order valence-corrected chi connectivity index (χ3v) is 3.76. The van der Waals surface area contributed by atoms with E-state index in [0.29, 0.717) is 27.8 Å². The number of ether oxygens (including phenoxy) is 2. The molecule has 1 N–H and O–H groups in total. The molecule has 8 heteroatoms. The van der Waals surface area contributed by atoms with Crippen LogP contribution in [0.3, 0.4) is 0 Å². The van der Waals surface area contributed by atoms with E-state index in [-0.39, 0.29) is 11.6 Å². The second-order valence-electron chi connectivity index (χ2n) is 5.30. The van der Waals surface area contributed by atoms with Gasteiger partial charge in [-0.15, -0.1) is 0 Å². The van der Waals surface area contributed by atoms with Crippen molar-refractivity contribution in [1.82, 2.24) is 0 Å². The molecule has 2 aromatic carbocycles. The largest absolute Gasteiger partial charge is 0.495 e. The average molecular weight is 365 g/mol. The van der Waals surface area contributed by atoms with E-state index in [1.807, 2.05) is 0 Å². The maximum absolute atomic E-state index is 12.2. The van der Waals surface area contributed by atoms with E-state index in [1.54, 1.807) is 32.0 Å². The van der Waals surface area contributed by atoms with Gasteiger partial charge in [-0.3, -0.25) is 14.9 Å². The fourth-order valence-electron chi connectivity index (χ4n) is 2.15. The molecule has 1 amide bonds. The zero-order chi connectivity index (χ0) is 18.6. The van der Waals surface area contributed by atoms with Crippen LogP contribution in [0, 0.1) is 17.0 Å². The number of nitro benzene ring substituents is 1. The highest BCUT2D eigenvalue weighted by Crippen LogP contribution is 2.27. The van der Waals surface area contributed by atoms with Crippen molar-refractivity contribution in [2.24, 2.45) is 0 Å². The van der Waals surface area contributed by atoms with Gasteiger partial charge in [0.25, 0.3) is 11.6 Å². The van der Waals surface area contributed by atoms with Crippen LogP contribution in [0.5, 0.6) is 11.5 Å². The van der Waals surface area contributed by atoms with Crippen molar-refractivity contribution in [3.8, 4) is 11.5 Å². The van der Waals surface area contributed by atoms with Gasteiger partial charge in [0.15, 0.2) is 6.10 Å². The zero-order valence-electron chi connectivity index (χ0n) is 13.9. The molecule has 2 rings (SSSR count). The molecule has 132 valence electrons. The Morgan fingerprint density at radius 2 is 2.00 bits per heavy atom. The van der Waals surface area contributed by atoms with Gasteiger partial charge < -0.3 is 14.8 Å². The predicted octanol–water partition coefficient (Wildman–Crippen LogP) is 3.97. The molecule has 0 saturated heterocycles. The second kappa shape index (κ2) is 7.85. The molecule has 0 spiro atoms. The summed E-state index contributed by atoms with van der Waals surface area (Å²) in [5.41, 5.74) is 0.959. The molecule has 2 aromatic rings. The lowest BCUT2D eigenvalue weighted by molar-refractivity contribution is -0.385. The molecule has 7 nitrogen and oxygen atoms in total. The number of benzene rings is 2. The van der Waals surface area contributed by atoms with Crippen LogP contribution in [0.2, 0.25) is 5.02 Å². The molecule has 0 aromatic heterocycles. The number of methoxy groups -OCH3 is 1. The highest BCUT2D eigenvalue weighted by molar-refractivity contribution is 6.32. The number of hydrogen-bond donors (Lipinski definition) is 1. The molecule has 0 aliphatic rings. The molecule has 0 aliphatic carbocycles.